The van der Waals surface area contributed by atoms with E-state index in [1.165, 1.54) is 25.6 Å². The van der Waals surface area contributed by atoms with E-state index in [9.17, 15) is 4.79 Å². The maximum Gasteiger partial charge on any atom is 0.316 e. The molecule has 164 valence electrons. The zero-order valence-electron chi connectivity index (χ0n) is 17.6. The first-order chi connectivity index (χ1) is 15.7. The normalized spacial score (nSPS) is 10.8. The Morgan fingerprint density at radius 2 is 1.88 bits per heavy atom. The van der Waals surface area contributed by atoms with Gasteiger partial charge in [0.25, 0.3) is 11.4 Å². The number of rotatable bonds is 9. The Hall–Kier alpha value is -4.05. The first kappa shape index (κ1) is 21.2. The lowest BCUT2D eigenvalue weighted by Gasteiger charge is -2.10. The molecule has 0 N–H and O–H groups in total. The Labute approximate surface area is 183 Å². The molecule has 10 nitrogen and oxygen atoms in total. The highest BCUT2D eigenvalue weighted by Crippen LogP contribution is 2.21. The van der Waals surface area contributed by atoms with Crippen molar-refractivity contribution in [2.75, 3.05) is 27.4 Å². The van der Waals surface area contributed by atoms with Crippen molar-refractivity contribution in [1.29, 1.82) is 0 Å². The fourth-order valence-corrected chi connectivity index (χ4v) is 2.95. The Balaban J connectivity index is 1.54. The van der Waals surface area contributed by atoms with E-state index < -0.39 is 0 Å². The van der Waals surface area contributed by atoms with Crippen LogP contribution in [0.1, 0.15) is 5.56 Å². The number of nitrogens with zero attached hydrogens (tertiary/aromatic N) is 5. The summed E-state index contributed by atoms with van der Waals surface area (Å²) >= 11 is 0. The first-order valence-corrected chi connectivity index (χ1v) is 9.78. The van der Waals surface area contributed by atoms with Crippen LogP contribution in [0.25, 0.3) is 22.8 Å². The van der Waals surface area contributed by atoms with Crippen LogP contribution in [-0.4, -0.2) is 52.1 Å². The third-order valence-electron chi connectivity index (χ3n) is 4.53. The largest absolute Gasteiger partial charge is 0.491 e. The van der Waals surface area contributed by atoms with E-state index in [1.54, 1.807) is 23.9 Å². The summed E-state index contributed by atoms with van der Waals surface area (Å²) in [7, 11) is 3.11. The van der Waals surface area contributed by atoms with Crippen LogP contribution in [0.5, 0.6) is 11.8 Å². The van der Waals surface area contributed by atoms with Gasteiger partial charge in [-0.15, -0.1) is 0 Å². The number of methoxy groups -OCH3 is 2. The molecule has 0 unspecified atom stereocenters. The summed E-state index contributed by atoms with van der Waals surface area (Å²) in [6.45, 7) is 1.32. The van der Waals surface area contributed by atoms with Crippen molar-refractivity contribution in [3.63, 3.8) is 0 Å². The molecule has 32 heavy (non-hydrogen) atoms. The molecule has 3 aromatic heterocycles. The van der Waals surface area contributed by atoms with Gasteiger partial charge in [-0.05, 0) is 23.8 Å². The van der Waals surface area contributed by atoms with E-state index >= 15 is 0 Å². The van der Waals surface area contributed by atoms with Gasteiger partial charge in [-0.25, -0.2) is 9.97 Å². The van der Waals surface area contributed by atoms with Crippen molar-refractivity contribution in [2.45, 2.75) is 6.54 Å². The second-order valence-corrected chi connectivity index (χ2v) is 6.75. The maximum absolute atomic E-state index is 12.4. The van der Waals surface area contributed by atoms with Crippen molar-refractivity contribution in [2.24, 2.45) is 0 Å². The second-order valence-electron chi connectivity index (χ2n) is 6.75. The molecular weight excluding hydrogens is 414 g/mol. The summed E-state index contributed by atoms with van der Waals surface area (Å²) in [5.74, 6) is 1.33. The molecule has 0 aliphatic carbocycles. The van der Waals surface area contributed by atoms with Crippen molar-refractivity contribution < 1.29 is 18.7 Å². The van der Waals surface area contributed by atoms with Gasteiger partial charge < -0.3 is 23.3 Å². The minimum Gasteiger partial charge on any atom is -0.491 e. The van der Waals surface area contributed by atoms with Crippen LogP contribution in [-0.2, 0) is 11.3 Å². The number of pyridine rings is 1. The molecule has 0 fully saturated rings. The summed E-state index contributed by atoms with van der Waals surface area (Å²) in [4.78, 5) is 24.9. The van der Waals surface area contributed by atoms with Gasteiger partial charge in [0.15, 0.2) is 0 Å². The smallest absolute Gasteiger partial charge is 0.316 e. The number of ether oxygens (including phenoxy) is 3. The third-order valence-corrected chi connectivity index (χ3v) is 4.53. The van der Waals surface area contributed by atoms with E-state index in [-0.39, 0.29) is 17.5 Å². The molecule has 0 aliphatic rings. The Bertz CT molecular complexity index is 1240. The second kappa shape index (κ2) is 9.84. The molecule has 3 heterocycles. The van der Waals surface area contributed by atoms with Crippen molar-refractivity contribution >= 4 is 0 Å². The van der Waals surface area contributed by atoms with Gasteiger partial charge in [0.2, 0.25) is 5.82 Å². The summed E-state index contributed by atoms with van der Waals surface area (Å²) in [6.07, 6.45) is 4.76. The molecule has 0 radical (unpaired) electrons. The molecule has 0 saturated carbocycles. The molecule has 0 bridgehead atoms. The SMILES string of the molecule is COCCOc1cccc(Cn2cc(-c3noc(-c4cnc(OC)nc4)n3)ccc2=O)c1. The number of aromatic nitrogens is 5. The number of hydrogen-bond acceptors (Lipinski definition) is 9. The molecule has 10 heteroatoms. The zero-order valence-corrected chi connectivity index (χ0v) is 17.6. The summed E-state index contributed by atoms with van der Waals surface area (Å²) in [5.41, 5.74) is 1.97. The molecule has 4 rings (SSSR count). The van der Waals surface area contributed by atoms with Gasteiger partial charge in [0, 0.05) is 37.3 Å². The number of hydrogen-bond donors (Lipinski definition) is 0. The summed E-state index contributed by atoms with van der Waals surface area (Å²) in [5, 5.41) is 4.02. The van der Waals surface area contributed by atoms with Crippen molar-refractivity contribution in [3.05, 3.63) is 70.9 Å². The Morgan fingerprint density at radius 1 is 1.03 bits per heavy atom. The minimum absolute atomic E-state index is 0.147. The summed E-state index contributed by atoms with van der Waals surface area (Å²) in [6, 6.07) is 10.9. The fourth-order valence-electron chi connectivity index (χ4n) is 2.95. The molecule has 0 amide bonds. The molecule has 4 aromatic rings. The highest BCUT2D eigenvalue weighted by atomic mass is 16.5. The van der Waals surface area contributed by atoms with Crippen LogP contribution in [0, 0.1) is 0 Å². The predicted molar refractivity (Wildman–Crippen MR) is 114 cm³/mol. The van der Waals surface area contributed by atoms with Gasteiger partial charge in [-0.1, -0.05) is 17.3 Å². The van der Waals surface area contributed by atoms with Crippen molar-refractivity contribution in [1.82, 2.24) is 24.7 Å². The highest BCUT2D eigenvalue weighted by Gasteiger charge is 2.13. The zero-order chi connectivity index (χ0) is 22.3. The van der Waals surface area contributed by atoms with Crippen molar-refractivity contribution in [3.8, 4) is 34.6 Å². The van der Waals surface area contributed by atoms with E-state index in [0.717, 1.165) is 5.56 Å². The van der Waals surface area contributed by atoms with Gasteiger partial charge in [0.1, 0.15) is 12.4 Å². The third kappa shape index (κ3) is 4.98. The average Bonchev–Trinajstić information content (AvgIpc) is 3.31. The van der Waals surface area contributed by atoms with Crippen LogP contribution in [0.15, 0.2) is 64.3 Å². The van der Waals surface area contributed by atoms with Gasteiger partial charge in [-0.2, -0.15) is 4.98 Å². The highest BCUT2D eigenvalue weighted by molar-refractivity contribution is 5.57. The molecule has 0 aliphatic heterocycles. The lowest BCUT2D eigenvalue weighted by Crippen LogP contribution is -2.19. The van der Waals surface area contributed by atoms with Crippen LogP contribution >= 0.6 is 0 Å². The van der Waals surface area contributed by atoms with E-state index in [2.05, 4.69) is 20.1 Å². The molecule has 0 atom stereocenters. The fraction of sp³-hybridized carbons (Fsp3) is 0.227. The van der Waals surface area contributed by atoms with Gasteiger partial charge in [-0.3, -0.25) is 4.79 Å². The van der Waals surface area contributed by atoms with Crippen LogP contribution in [0.4, 0.5) is 0 Å². The number of benzene rings is 1. The van der Waals surface area contributed by atoms with Gasteiger partial charge >= 0.3 is 6.01 Å². The van der Waals surface area contributed by atoms with E-state index in [4.69, 9.17) is 18.7 Å². The molecule has 1 aromatic carbocycles. The van der Waals surface area contributed by atoms with Crippen LogP contribution in [0.3, 0.4) is 0 Å². The summed E-state index contributed by atoms with van der Waals surface area (Å²) < 4.78 is 22.5. The van der Waals surface area contributed by atoms with Crippen LogP contribution in [0.2, 0.25) is 0 Å². The van der Waals surface area contributed by atoms with E-state index in [0.29, 0.717) is 42.5 Å². The monoisotopic (exact) mass is 435 g/mol. The molecular formula is C22H21N5O5. The lowest BCUT2D eigenvalue weighted by atomic mass is 10.2. The quantitative estimate of drug-likeness (QED) is 0.366. The Kier molecular flexibility index (Phi) is 6.52. The van der Waals surface area contributed by atoms with Crippen LogP contribution < -0.4 is 15.0 Å². The standard InChI is InChI=1S/C22H21N5O5/c1-29-8-9-31-18-5-3-4-15(10-18)13-27-14-16(6-7-19(27)28)20-25-21(32-26-20)17-11-23-22(30-2)24-12-17/h3-7,10-12,14H,8-9,13H2,1-2H3. The average molecular weight is 435 g/mol. The Morgan fingerprint density at radius 3 is 2.66 bits per heavy atom. The maximum atomic E-state index is 12.4. The minimum atomic E-state index is -0.147. The lowest BCUT2D eigenvalue weighted by molar-refractivity contribution is 0.146. The molecule has 0 saturated heterocycles. The van der Waals surface area contributed by atoms with Gasteiger partial charge in [0.05, 0.1) is 25.8 Å². The topological polar surface area (TPSA) is 114 Å². The van der Waals surface area contributed by atoms with E-state index in [1.807, 2.05) is 24.3 Å². The predicted octanol–water partition coefficient (Wildman–Crippen LogP) is 2.44. The molecule has 0 spiro atoms. The first-order valence-electron chi connectivity index (χ1n) is 9.78.